The highest BCUT2D eigenvalue weighted by Gasteiger charge is 2.16. The Morgan fingerprint density at radius 1 is 1.43 bits per heavy atom. The summed E-state index contributed by atoms with van der Waals surface area (Å²) in [4.78, 5) is 16.3. The number of nitrogen functional groups attached to an aromatic ring is 1. The van der Waals surface area contributed by atoms with E-state index in [9.17, 15) is 9.18 Å². The highest BCUT2D eigenvalue weighted by atomic mass is 79.9. The van der Waals surface area contributed by atoms with E-state index in [1.54, 1.807) is 19.2 Å². The number of pyridine rings is 1. The number of hydrogen-bond acceptors (Lipinski definition) is 4. The van der Waals surface area contributed by atoms with Gasteiger partial charge in [-0.2, -0.15) is 0 Å². The molecule has 0 aliphatic rings. The van der Waals surface area contributed by atoms with Gasteiger partial charge in [-0.05, 0) is 53.2 Å². The lowest BCUT2D eigenvalue weighted by Gasteiger charge is -2.12. The van der Waals surface area contributed by atoms with Gasteiger partial charge in [0.05, 0.1) is 16.0 Å². The van der Waals surface area contributed by atoms with Gasteiger partial charge in [0.1, 0.15) is 5.82 Å². The first kappa shape index (κ1) is 15.8. The molecular weight excluding hydrogens is 357 g/mol. The molecule has 7 heteroatoms. The number of nitrogens with two attached hydrogens (primary N) is 1. The smallest absolute Gasteiger partial charge is 0.237 e. The molecule has 1 aromatic carbocycles. The molecule has 0 fully saturated rings. The normalized spacial score (nSPS) is 12.0. The lowest BCUT2D eigenvalue weighted by molar-refractivity contribution is -0.115. The molecule has 0 aliphatic heterocycles. The molecule has 4 nitrogen and oxygen atoms in total. The van der Waals surface area contributed by atoms with Crippen LogP contribution < -0.4 is 11.1 Å². The fourth-order valence-corrected chi connectivity index (χ4v) is 2.56. The first-order chi connectivity index (χ1) is 9.95. The SMILES string of the molecule is CC(Sc1ccc(Br)cn1)C(=O)Nc1cc(N)ccc1F. The molecule has 1 unspecified atom stereocenters. The quantitative estimate of drug-likeness (QED) is 0.636. The Kier molecular flexibility index (Phi) is 5.19. The van der Waals surface area contributed by atoms with Gasteiger partial charge in [-0.3, -0.25) is 4.79 Å². The molecule has 2 aromatic rings. The predicted molar refractivity (Wildman–Crippen MR) is 86.7 cm³/mol. The molecule has 21 heavy (non-hydrogen) atoms. The van der Waals surface area contributed by atoms with Crippen LogP contribution in [0, 0.1) is 5.82 Å². The van der Waals surface area contributed by atoms with Crippen LogP contribution in [-0.2, 0) is 4.79 Å². The highest BCUT2D eigenvalue weighted by Crippen LogP contribution is 2.24. The molecule has 0 bridgehead atoms. The van der Waals surface area contributed by atoms with Crippen LogP contribution >= 0.6 is 27.7 Å². The Hall–Kier alpha value is -1.60. The summed E-state index contributed by atoms with van der Waals surface area (Å²) >= 11 is 4.59. The number of amides is 1. The van der Waals surface area contributed by atoms with Crippen LogP contribution in [-0.4, -0.2) is 16.1 Å². The average molecular weight is 370 g/mol. The predicted octanol–water partition coefficient (Wildman–Crippen LogP) is 3.68. The molecule has 0 spiro atoms. The Bertz CT molecular complexity index is 651. The summed E-state index contributed by atoms with van der Waals surface area (Å²) in [5.41, 5.74) is 6.05. The number of hydrogen-bond donors (Lipinski definition) is 2. The Morgan fingerprint density at radius 3 is 2.86 bits per heavy atom. The van der Waals surface area contributed by atoms with Gasteiger partial charge in [0.15, 0.2) is 0 Å². The number of nitrogens with zero attached hydrogens (tertiary/aromatic N) is 1. The van der Waals surface area contributed by atoms with E-state index in [-0.39, 0.29) is 11.6 Å². The summed E-state index contributed by atoms with van der Waals surface area (Å²) < 4.78 is 14.4. The van der Waals surface area contributed by atoms with Crippen molar-refractivity contribution in [2.45, 2.75) is 17.2 Å². The van der Waals surface area contributed by atoms with E-state index in [4.69, 9.17) is 5.73 Å². The zero-order valence-electron chi connectivity index (χ0n) is 11.1. The van der Waals surface area contributed by atoms with Gasteiger partial charge in [0.25, 0.3) is 0 Å². The number of carbonyl (C=O) groups is 1. The van der Waals surface area contributed by atoms with Crippen LogP contribution in [0.3, 0.4) is 0 Å². The van der Waals surface area contributed by atoms with Crippen molar-refractivity contribution in [1.29, 1.82) is 0 Å². The van der Waals surface area contributed by atoms with Crippen molar-refractivity contribution in [1.82, 2.24) is 4.98 Å². The number of thioether (sulfide) groups is 1. The first-order valence-electron chi connectivity index (χ1n) is 6.10. The minimum atomic E-state index is -0.517. The third-order valence-electron chi connectivity index (χ3n) is 2.62. The molecule has 1 aromatic heterocycles. The summed E-state index contributed by atoms with van der Waals surface area (Å²) in [7, 11) is 0. The average Bonchev–Trinajstić information content (AvgIpc) is 2.45. The number of aromatic nitrogens is 1. The van der Waals surface area contributed by atoms with Crippen LogP contribution in [0.4, 0.5) is 15.8 Å². The summed E-state index contributed by atoms with van der Waals surface area (Å²) in [6, 6.07) is 7.70. The summed E-state index contributed by atoms with van der Waals surface area (Å²) in [5, 5.41) is 2.83. The van der Waals surface area contributed by atoms with E-state index in [1.165, 1.54) is 30.0 Å². The third kappa shape index (κ3) is 4.44. The van der Waals surface area contributed by atoms with E-state index in [2.05, 4.69) is 26.2 Å². The van der Waals surface area contributed by atoms with Gasteiger partial charge in [-0.25, -0.2) is 9.37 Å². The maximum atomic E-state index is 13.6. The molecule has 2 rings (SSSR count). The lowest BCUT2D eigenvalue weighted by Crippen LogP contribution is -2.23. The molecule has 0 saturated carbocycles. The van der Waals surface area contributed by atoms with Crippen LogP contribution in [0.2, 0.25) is 0 Å². The molecule has 0 aliphatic carbocycles. The van der Waals surface area contributed by atoms with Crippen molar-refractivity contribution in [3.8, 4) is 0 Å². The number of nitrogens with one attached hydrogen (secondary N) is 1. The summed E-state index contributed by atoms with van der Waals surface area (Å²) in [6.07, 6.45) is 1.66. The highest BCUT2D eigenvalue weighted by molar-refractivity contribution is 9.10. The second kappa shape index (κ2) is 6.91. The van der Waals surface area contributed by atoms with Gasteiger partial charge in [-0.1, -0.05) is 11.8 Å². The largest absolute Gasteiger partial charge is 0.399 e. The Balaban J connectivity index is 2.02. The third-order valence-corrected chi connectivity index (χ3v) is 4.13. The topological polar surface area (TPSA) is 68.0 Å². The van der Waals surface area contributed by atoms with Crippen molar-refractivity contribution >= 4 is 45.0 Å². The zero-order chi connectivity index (χ0) is 15.4. The molecule has 3 N–H and O–H groups in total. The second-order valence-corrected chi connectivity index (χ2v) is 6.58. The van der Waals surface area contributed by atoms with Crippen LogP contribution in [0.5, 0.6) is 0 Å². The van der Waals surface area contributed by atoms with E-state index in [1.807, 2.05) is 6.07 Å². The molecular formula is C14H13BrFN3OS. The fraction of sp³-hybridized carbons (Fsp3) is 0.143. The molecule has 1 amide bonds. The summed E-state index contributed by atoms with van der Waals surface area (Å²) in [5.74, 6) is -0.828. The fourth-order valence-electron chi connectivity index (χ4n) is 1.54. The molecule has 110 valence electrons. The van der Waals surface area contributed by atoms with Gasteiger partial charge in [0, 0.05) is 16.4 Å². The maximum absolute atomic E-state index is 13.6. The van der Waals surface area contributed by atoms with E-state index >= 15 is 0 Å². The lowest BCUT2D eigenvalue weighted by atomic mass is 10.2. The van der Waals surface area contributed by atoms with Crippen molar-refractivity contribution in [2.24, 2.45) is 0 Å². The van der Waals surface area contributed by atoms with Gasteiger partial charge in [0.2, 0.25) is 5.91 Å². The monoisotopic (exact) mass is 369 g/mol. The number of rotatable bonds is 4. The minimum absolute atomic E-state index is 0.0798. The van der Waals surface area contributed by atoms with Gasteiger partial charge in [-0.15, -0.1) is 0 Å². The van der Waals surface area contributed by atoms with Crippen LogP contribution in [0.1, 0.15) is 6.92 Å². The summed E-state index contributed by atoms with van der Waals surface area (Å²) in [6.45, 7) is 1.73. The van der Waals surface area contributed by atoms with E-state index < -0.39 is 11.1 Å². The van der Waals surface area contributed by atoms with Gasteiger partial charge < -0.3 is 11.1 Å². The van der Waals surface area contributed by atoms with E-state index in [0.717, 1.165) is 4.47 Å². The number of anilines is 2. The van der Waals surface area contributed by atoms with Crippen LogP contribution in [0.25, 0.3) is 0 Å². The van der Waals surface area contributed by atoms with Gasteiger partial charge >= 0.3 is 0 Å². The Labute approximate surface area is 134 Å². The van der Waals surface area contributed by atoms with Crippen molar-refractivity contribution < 1.29 is 9.18 Å². The zero-order valence-corrected chi connectivity index (χ0v) is 13.5. The first-order valence-corrected chi connectivity index (χ1v) is 7.77. The van der Waals surface area contributed by atoms with Crippen LogP contribution in [0.15, 0.2) is 46.0 Å². The van der Waals surface area contributed by atoms with Crippen molar-refractivity contribution in [3.63, 3.8) is 0 Å². The molecule has 0 saturated heterocycles. The van der Waals surface area contributed by atoms with E-state index in [0.29, 0.717) is 10.7 Å². The molecule has 1 heterocycles. The number of carbonyl (C=O) groups excluding carboxylic acids is 1. The molecule has 0 radical (unpaired) electrons. The number of halogens is 2. The van der Waals surface area contributed by atoms with Crippen molar-refractivity contribution in [2.75, 3.05) is 11.1 Å². The van der Waals surface area contributed by atoms with Crippen molar-refractivity contribution in [3.05, 3.63) is 46.8 Å². The Morgan fingerprint density at radius 2 is 2.19 bits per heavy atom. The molecule has 1 atom stereocenters. The maximum Gasteiger partial charge on any atom is 0.237 e. The standard InChI is InChI=1S/C14H13BrFN3OS/c1-8(21-13-5-2-9(15)7-18-13)14(20)19-12-6-10(17)3-4-11(12)16/h2-8H,17H2,1H3,(H,19,20). The minimum Gasteiger partial charge on any atom is -0.399 e. The second-order valence-electron chi connectivity index (χ2n) is 4.30. The number of benzene rings is 1.